The van der Waals surface area contributed by atoms with Crippen LogP contribution in [0.25, 0.3) is 0 Å². The fourth-order valence-electron chi connectivity index (χ4n) is 3.15. The van der Waals surface area contributed by atoms with E-state index in [1.165, 1.54) is 10.8 Å². The Morgan fingerprint density at radius 3 is 2.41 bits per heavy atom. The highest BCUT2D eigenvalue weighted by molar-refractivity contribution is 7.15. The number of aromatic nitrogens is 4. The Morgan fingerprint density at radius 2 is 1.79 bits per heavy atom. The molecule has 0 aliphatic carbocycles. The number of benzene rings is 2. The van der Waals surface area contributed by atoms with Crippen molar-refractivity contribution in [2.24, 2.45) is 0 Å². The summed E-state index contributed by atoms with van der Waals surface area (Å²) in [7, 11) is 0. The molecule has 174 valence electrons. The minimum atomic E-state index is -1.07. The van der Waals surface area contributed by atoms with Crippen LogP contribution in [0.1, 0.15) is 27.7 Å². The summed E-state index contributed by atoms with van der Waals surface area (Å²) in [6.45, 7) is 4.15. The molecule has 0 aliphatic heterocycles. The van der Waals surface area contributed by atoms with E-state index in [4.69, 9.17) is 9.84 Å². The predicted molar refractivity (Wildman–Crippen MR) is 128 cm³/mol. The molecule has 2 aromatic carbocycles. The van der Waals surface area contributed by atoms with Crippen LogP contribution in [0.2, 0.25) is 0 Å². The number of aromatic carboxylic acids is 1. The van der Waals surface area contributed by atoms with Crippen molar-refractivity contribution < 1.29 is 14.6 Å². The van der Waals surface area contributed by atoms with Gasteiger partial charge in [-0.1, -0.05) is 41.2 Å². The van der Waals surface area contributed by atoms with E-state index in [-0.39, 0.29) is 29.1 Å². The highest BCUT2D eigenvalue weighted by Crippen LogP contribution is 2.27. The van der Waals surface area contributed by atoms with Crippen molar-refractivity contribution in [1.82, 2.24) is 19.1 Å². The standard InChI is InChI=1S/C23H21N5O5S/c1-3-27-21(31)26-20(28(23(27)32)13-15-6-4-14(2)5-7-15)25-16-8-10-17(11-9-16)33-22-24-12-18(34-22)19(29)30/h4-12H,3,13H2,1-2H3,(H,29,30)(H,25,26,31). The van der Waals surface area contributed by atoms with Gasteiger partial charge in [-0.3, -0.25) is 4.57 Å². The van der Waals surface area contributed by atoms with Crippen LogP contribution in [0, 0.1) is 6.92 Å². The second kappa shape index (κ2) is 9.71. The molecule has 0 radical (unpaired) electrons. The number of nitrogens with one attached hydrogen (secondary N) is 1. The molecule has 11 heteroatoms. The molecule has 0 aliphatic rings. The summed E-state index contributed by atoms with van der Waals surface area (Å²) in [6, 6.07) is 14.4. The molecule has 0 saturated heterocycles. The molecule has 10 nitrogen and oxygen atoms in total. The van der Waals surface area contributed by atoms with Gasteiger partial charge in [0.05, 0.1) is 12.7 Å². The quantitative estimate of drug-likeness (QED) is 0.393. The summed E-state index contributed by atoms with van der Waals surface area (Å²) in [5.74, 6) is -0.496. The lowest BCUT2D eigenvalue weighted by molar-refractivity contribution is 0.0702. The van der Waals surface area contributed by atoms with Crippen LogP contribution in [0.5, 0.6) is 10.9 Å². The van der Waals surface area contributed by atoms with E-state index < -0.39 is 17.3 Å². The Labute approximate surface area is 197 Å². The van der Waals surface area contributed by atoms with E-state index >= 15 is 0 Å². The monoisotopic (exact) mass is 479 g/mol. The number of rotatable bonds is 8. The van der Waals surface area contributed by atoms with Gasteiger partial charge in [-0.15, -0.1) is 0 Å². The van der Waals surface area contributed by atoms with Gasteiger partial charge in [-0.05, 0) is 43.7 Å². The number of ether oxygens (including phenoxy) is 1. The number of anilines is 2. The lowest BCUT2D eigenvalue weighted by atomic mass is 10.1. The number of hydrogen-bond donors (Lipinski definition) is 2. The van der Waals surface area contributed by atoms with Crippen LogP contribution < -0.4 is 21.4 Å². The molecular weight excluding hydrogens is 458 g/mol. The van der Waals surface area contributed by atoms with Crippen molar-refractivity contribution in [1.29, 1.82) is 0 Å². The molecule has 0 fully saturated rings. The number of carboxylic acid groups (broad SMARTS) is 1. The molecule has 2 N–H and O–H groups in total. The first-order chi connectivity index (χ1) is 16.3. The zero-order valence-electron chi connectivity index (χ0n) is 18.4. The van der Waals surface area contributed by atoms with E-state index in [9.17, 15) is 14.4 Å². The fraction of sp³-hybridized carbons (Fsp3) is 0.174. The van der Waals surface area contributed by atoms with E-state index in [1.54, 1.807) is 31.2 Å². The summed E-state index contributed by atoms with van der Waals surface area (Å²) in [5.41, 5.74) is 1.49. The van der Waals surface area contributed by atoms with E-state index in [1.807, 2.05) is 31.2 Å². The number of thiazole rings is 1. The second-order valence-electron chi connectivity index (χ2n) is 7.36. The number of carbonyl (C=O) groups is 1. The van der Waals surface area contributed by atoms with Crippen molar-refractivity contribution in [3.63, 3.8) is 0 Å². The molecule has 0 unspecified atom stereocenters. The van der Waals surface area contributed by atoms with Gasteiger partial charge in [-0.25, -0.2) is 23.9 Å². The SMILES string of the molecule is CCn1c(=O)nc(Nc2ccc(Oc3ncc(C(=O)O)s3)cc2)n(Cc2ccc(C)cc2)c1=O. The molecule has 0 amide bonds. The van der Waals surface area contributed by atoms with Crippen LogP contribution >= 0.6 is 11.3 Å². The van der Waals surface area contributed by atoms with Crippen molar-refractivity contribution in [2.75, 3.05) is 5.32 Å². The second-order valence-corrected chi connectivity index (χ2v) is 8.36. The number of carboxylic acids is 1. The molecule has 0 bridgehead atoms. The smallest absolute Gasteiger partial charge is 0.354 e. The minimum Gasteiger partial charge on any atom is -0.477 e. The Kier molecular flexibility index (Phi) is 6.55. The third-order valence-corrected chi connectivity index (χ3v) is 5.80. The summed E-state index contributed by atoms with van der Waals surface area (Å²) in [4.78, 5) is 44.4. The first-order valence-corrected chi connectivity index (χ1v) is 11.2. The maximum atomic E-state index is 13.0. The summed E-state index contributed by atoms with van der Waals surface area (Å²) >= 11 is 0.919. The molecule has 4 rings (SSSR count). The highest BCUT2D eigenvalue weighted by atomic mass is 32.1. The van der Waals surface area contributed by atoms with E-state index in [0.717, 1.165) is 27.0 Å². The van der Waals surface area contributed by atoms with E-state index in [2.05, 4.69) is 15.3 Å². The molecule has 2 aromatic heterocycles. The Hall–Kier alpha value is -4.25. The van der Waals surface area contributed by atoms with Crippen LogP contribution in [0.15, 0.2) is 64.3 Å². The molecule has 0 spiro atoms. The summed E-state index contributed by atoms with van der Waals surface area (Å²) < 4.78 is 8.09. The first kappa shape index (κ1) is 22.9. The van der Waals surface area contributed by atoms with Gasteiger partial charge in [0.1, 0.15) is 10.6 Å². The Morgan fingerprint density at radius 1 is 1.09 bits per heavy atom. The van der Waals surface area contributed by atoms with Crippen LogP contribution in [0.3, 0.4) is 0 Å². The van der Waals surface area contributed by atoms with Crippen LogP contribution in [0.4, 0.5) is 11.6 Å². The number of hydrogen-bond acceptors (Lipinski definition) is 8. The zero-order valence-corrected chi connectivity index (χ0v) is 19.2. The lowest BCUT2D eigenvalue weighted by Gasteiger charge is -2.15. The molecule has 34 heavy (non-hydrogen) atoms. The molecule has 2 heterocycles. The topological polar surface area (TPSA) is 128 Å². The van der Waals surface area contributed by atoms with Crippen LogP contribution in [-0.2, 0) is 13.1 Å². The third kappa shape index (κ3) is 5.04. The number of aryl methyl sites for hydroxylation is 1. The van der Waals surface area contributed by atoms with Crippen molar-refractivity contribution in [3.8, 4) is 10.9 Å². The molecule has 4 aromatic rings. The number of nitrogens with zero attached hydrogens (tertiary/aromatic N) is 4. The zero-order chi connectivity index (χ0) is 24.2. The maximum absolute atomic E-state index is 13.0. The van der Waals surface area contributed by atoms with Gasteiger partial charge in [0.2, 0.25) is 5.95 Å². The first-order valence-electron chi connectivity index (χ1n) is 10.4. The summed E-state index contributed by atoms with van der Waals surface area (Å²) in [6.07, 6.45) is 1.23. The van der Waals surface area contributed by atoms with Crippen LogP contribution in [-0.4, -0.2) is 30.2 Å². The third-order valence-electron chi connectivity index (χ3n) is 4.94. The lowest BCUT2D eigenvalue weighted by Crippen LogP contribution is -2.42. The average molecular weight is 480 g/mol. The molecule has 0 saturated carbocycles. The normalized spacial score (nSPS) is 10.8. The Balaban J connectivity index is 1.59. The average Bonchev–Trinajstić information content (AvgIpc) is 3.28. The van der Waals surface area contributed by atoms with Crippen molar-refractivity contribution >= 4 is 28.9 Å². The van der Waals surface area contributed by atoms with Gasteiger partial charge >= 0.3 is 17.3 Å². The Bertz CT molecular complexity index is 1440. The van der Waals surface area contributed by atoms with Gasteiger partial charge < -0.3 is 15.2 Å². The van der Waals surface area contributed by atoms with Gasteiger partial charge in [0, 0.05) is 12.2 Å². The van der Waals surface area contributed by atoms with Gasteiger partial charge in [0.15, 0.2) is 0 Å². The molecule has 0 atom stereocenters. The van der Waals surface area contributed by atoms with Gasteiger partial charge in [-0.2, -0.15) is 4.98 Å². The fourth-order valence-corrected chi connectivity index (χ4v) is 3.78. The largest absolute Gasteiger partial charge is 0.477 e. The van der Waals surface area contributed by atoms with Crippen molar-refractivity contribution in [3.05, 3.63) is 91.7 Å². The minimum absolute atomic E-state index is 0.0766. The van der Waals surface area contributed by atoms with Crippen molar-refractivity contribution in [2.45, 2.75) is 26.9 Å². The molecular formula is C23H21N5O5S. The van der Waals surface area contributed by atoms with Gasteiger partial charge in [0.25, 0.3) is 5.19 Å². The summed E-state index contributed by atoms with van der Waals surface area (Å²) in [5, 5.41) is 12.2. The van der Waals surface area contributed by atoms with E-state index in [0.29, 0.717) is 11.4 Å². The highest BCUT2D eigenvalue weighted by Gasteiger charge is 2.14. The maximum Gasteiger partial charge on any atom is 0.354 e. The predicted octanol–water partition coefficient (Wildman–Crippen LogP) is 3.47.